The average Bonchev–Trinajstić information content (AvgIpc) is 3.14. The quantitative estimate of drug-likeness (QED) is 0.743. The zero-order valence-corrected chi connectivity index (χ0v) is 17.9. The monoisotopic (exact) mass is 430 g/mol. The fraction of sp³-hybridized carbons (Fsp3) is 0.333. The molecule has 2 saturated heterocycles. The number of benzene rings is 2. The molecule has 0 aliphatic carbocycles. The van der Waals surface area contributed by atoms with E-state index in [0.29, 0.717) is 10.9 Å². The van der Waals surface area contributed by atoms with Crippen molar-refractivity contribution >= 4 is 38.4 Å². The normalized spacial score (nSPS) is 23.9. The molecule has 0 spiro atoms. The molecule has 2 heterocycles. The number of nitrogens with zero attached hydrogens (tertiary/aromatic N) is 2. The maximum Gasteiger partial charge on any atom is 0.252 e. The number of aryl methyl sites for hydroxylation is 1. The van der Waals surface area contributed by atoms with Crippen LogP contribution in [-0.2, 0) is 21.1 Å². The van der Waals surface area contributed by atoms with Crippen LogP contribution in [0, 0.1) is 6.92 Å². The number of aliphatic imine (C=N–C) groups is 1. The lowest BCUT2D eigenvalue weighted by atomic mass is 10.1. The summed E-state index contributed by atoms with van der Waals surface area (Å²) >= 11 is 1.37. The van der Waals surface area contributed by atoms with E-state index in [2.05, 4.69) is 4.99 Å². The van der Waals surface area contributed by atoms with Gasteiger partial charge < -0.3 is 9.64 Å². The lowest BCUT2D eigenvalue weighted by molar-refractivity contribution is -0.117. The molecule has 8 heteroatoms. The average molecular weight is 431 g/mol. The number of methoxy groups -OCH3 is 1. The van der Waals surface area contributed by atoms with E-state index in [1.165, 1.54) is 11.8 Å². The molecule has 29 heavy (non-hydrogen) atoms. The van der Waals surface area contributed by atoms with Crippen LogP contribution in [0.3, 0.4) is 0 Å². The molecule has 152 valence electrons. The Kier molecular flexibility index (Phi) is 5.40. The molecule has 1 amide bonds. The van der Waals surface area contributed by atoms with Gasteiger partial charge in [0.1, 0.15) is 5.75 Å². The van der Waals surface area contributed by atoms with Gasteiger partial charge in [0, 0.05) is 5.25 Å². The molecule has 2 aromatic carbocycles. The van der Waals surface area contributed by atoms with Crippen molar-refractivity contribution in [2.75, 3.05) is 23.5 Å². The summed E-state index contributed by atoms with van der Waals surface area (Å²) in [6, 6.07) is 14.9. The van der Waals surface area contributed by atoms with Crippen LogP contribution in [0.15, 0.2) is 53.5 Å². The number of para-hydroxylation sites is 2. The molecule has 0 bridgehead atoms. The Morgan fingerprint density at radius 2 is 1.90 bits per heavy atom. The van der Waals surface area contributed by atoms with Crippen LogP contribution in [0.1, 0.15) is 11.1 Å². The molecule has 0 radical (unpaired) electrons. The second kappa shape index (κ2) is 7.84. The van der Waals surface area contributed by atoms with Crippen LogP contribution in [0.25, 0.3) is 0 Å². The summed E-state index contributed by atoms with van der Waals surface area (Å²) in [7, 11) is -1.54. The standard InChI is InChI=1S/C21H22N2O4S2/c1-14-7-9-15(10-8-14)11-20(24)22-21-23(16-5-3-4-6-18(16)27-2)17-12-29(25,26)13-19(17)28-21/h3-10,17,19H,11-13H2,1-2H3/t17-,19-/m1/s1. The van der Waals surface area contributed by atoms with E-state index >= 15 is 0 Å². The summed E-state index contributed by atoms with van der Waals surface area (Å²) < 4.78 is 29.9. The SMILES string of the molecule is COc1ccccc1N1C(=NC(=O)Cc2ccc(C)cc2)S[C@@H]2CS(=O)(=O)C[C@H]21. The van der Waals surface area contributed by atoms with Crippen molar-refractivity contribution in [2.45, 2.75) is 24.6 Å². The summed E-state index contributed by atoms with van der Waals surface area (Å²) in [6.45, 7) is 2.00. The van der Waals surface area contributed by atoms with Gasteiger partial charge in [-0.2, -0.15) is 4.99 Å². The molecule has 0 N–H and O–H groups in total. The van der Waals surface area contributed by atoms with Gasteiger partial charge in [0.2, 0.25) is 0 Å². The molecule has 2 atom stereocenters. The number of amides is 1. The lowest BCUT2D eigenvalue weighted by Crippen LogP contribution is -2.38. The smallest absolute Gasteiger partial charge is 0.252 e. The van der Waals surface area contributed by atoms with Crippen molar-refractivity contribution < 1.29 is 17.9 Å². The number of hydrogen-bond donors (Lipinski definition) is 0. The van der Waals surface area contributed by atoms with E-state index < -0.39 is 9.84 Å². The van der Waals surface area contributed by atoms with E-state index in [1.54, 1.807) is 7.11 Å². The molecule has 6 nitrogen and oxygen atoms in total. The fourth-order valence-corrected chi connectivity index (χ4v) is 7.63. The number of fused-ring (bicyclic) bond motifs is 1. The van der Waals surface area contributed by atoms with E-state index in [9.17, 15) is 13.2 Å². The Labute approximate surface area is 174 Å². The third-order valence-corrected chi connectivity index (χ3v) is 8.32. The number of sulfone groups is 1. The maximum absolute atomic E-state index is 12.7. The van der Waals surface area contributed by atoms with Gasteiger partial charge in [-0.1, -0.05) is 53.7 Å². The van der Waals surface area contributed by atoms with Gasteiger partial charge in [-0.25, -0.2) is 8.42 Å². The first-order valence-corrected chi connectivity index (χ1v) is 12.0. The molecule has 0 aromatic heterocycles. The van der Waals surface area contributed by atoms with Gasteiger partial charge >= 0.3 is 0 Å². The van der Waals surface area contributed by atoms with Gasteiger partial charge in [0.05, 0.1) is 36.8 Å². The fourth-order valence-electron chi connectivity index (χ4n) is 3.70. The van der Waals surface area contributed by atoms with Crippen LogP contribution in [-0.4, -0.2) is 49.4 Å². The first-order chi connectivity index (χ1) is 13.9. The highest BCUT2D eigenvalue weighted by molar-refractivity contribution is 8.16. The lowest BCUT2D eigenvalue weighted by Gasteiger charge is -2.26. The van der Waals surface area contributed by atoms with Crippen LogP contribution in [0.2, 0.25) is 0 Å². The van der Waals surface area contributed by atoms with Crippen LogP contribution in [0.5, 0.6) is 5.75 Å². The van der Waals surface area contributed by atoms with Crippen LogP contribution >= 0.6 is 11.8 Å². The molecule has 2 fully saturated rings. The van der Waals surface area contributed by atoms with Gasteiger partial charge in [0.25, 0.3) is 5.91 Å². The van der Waals surface area contributed by atoms with Crippen molar-refractivity contribution in [3.8, 4) is 5.75 Å². The highest BCUT2D eigenvalue weighted by Crippen LogP contribution is 2.43. The van der Waals surface area contributed by atoms with Gasteiger partial charge in [-0.05, 0) is 24.6 Å². The summed E-state index contributed by atoms with van der Waals surface area (Å²) in [5.74, 6) is 0.517. The van der Waals surface area contributed by atoms with Crippen molar-refractivity contribution in [1.29, 1.82) is 0 Å². The van der Waals surface area contributed by atoms with Crippen molar-refractivity contribution in [2.24, 2.45) is 4.99 Å². The molecule has 0 saturated carbocycles. The number of ether oxygens (including phenoxy) is 1. The Bertz CT molecular complexity index is 1060. The number of anilines is 1. The van der Waals surface area contributed by atoms with Crippen molar-refractivity contribution in [3.05, 3.63) is 59.7 Å². The molecule has 2 aliphatic rings. The van der Waals surface area contributed by atoms with Gasteiger partial charge in [-0.15, -0.1) is 0 Å². The van der Waals surface area contributed by atoms with E-state index in [0.717, 1.165) is 16.8 Å². The number of hydrogen-bond acceptors (Lipinski definition) is 5. The Morgan fingerprint density at radius 3 is 2.62 bits per heavy atom. The maximum atomic E-state index is 12.7. The summed E-state index contributed by atoms with van der Waals surface area (Å²) in [5.41, 5.74) is 2.77. The van der Waals surface area contributed by atoms with E-state index in [4.69, 9.17) is 4.74 Å². The summed E-state index contributed by atoms with van der Waals surface area (Å²) in [4.78, 5) is 18.9. The first-order valence-electron chi connectivity index (χ1n) is 9.33. The molecule has 2 aliphatic heterocycles. The van der Waals surface area contributed by atoms with E-state index in [1.807, 2.05) is 60.4 Å². The third-order valence-electron chi connectivity index (χ3n) is 5.11. The van der Waals surface area contributed by atoms with Crippen molar-refractivity contribution in [1.82, 2.24) is 0 Å². The zero-order valence-electron chi connectivity index (χ0n) is 16.2. The predicted octanol–water partition coefficient (Wildman–Crippen LogP) is 2.85. The van der Waals surface area contributed by atoms with Gasteiger partial charge in [0.15, 0.2) is 15.0 Å². The number of carbonyl (C=O) groups is 1. The number of thioether (sulfide) groups is 1. The van der Waals surface area contributed by atoms with Crippen LogP contribution in [0.4, 0.5) is 5.69 Å². The molecule has 2 aromatic rings. The molecular weight excluding hydrogens is 408 g/mol. The molecular formula is C21H22N2O4S2. The second-order valence-electron chi connectivity index (χ2n) is 7.29. The van der Waals surface area contributed by atoms with Crippen LogP contribution < -0.4 is 9.64 Å². The number of rotatable bonds is 4. The third kappa shape index (κ3) is 4.18. The summed E-state index contributed by atoms with van der Waals surface area (Å²) in [6.07, 6.45) is 0.206. The van der Waals surface area contributed by atoms with Gasteiger partial charge in [-0.3, -0.25) is 4.79 Å². The zero-order chi connectivity index (χ0) is 20.6. The minimum atomic E-state index is -3.11. The predicted molar refractivity (Wildman–Crippen MR) is 117 cm³/mol. The highest BCUT2D eigenvalue weighted by Gasteiger charge is 2.50. The first kappa shape index (κ1) is 20.0. The minimum absolute atomic E-state index is 0.0495. The highest BCUT2D eigenvalue weighted by atomic mass is 32.2. The Morgan fingerprint density at radius 1 is 1.17 bits per heavy atom. The number of carbonyl (C=O) groups excluding carboxylic acids is 1. The Balaban J connectivity index is 1.66. The van der Waals surface area contributed by atoms with Crippen molar-refractivity contribution in [3.63, 3.8) is 0 Å². The molecule has 4 rings (SSSR count). The number of amidine groups is 1. The Hall–Kier alpha value is -2.32. The molecule has 0 unspecified atom stereocenters. The van der Waals surface area contributed by atoms with E-state index in [-0.39, 0.29) is 35.1 Å². The largest absolute Gasteiger partial charge is 0.495 e. The topological polar surface area (TPSA) is 76.0 Å². The minimum Gasteiger partial charge on any atom is -0.495 e. The second-order valence-corrected chi connectivity index (χ2v) is 10.7. The summed E-state index contributed by atoms with van der Waals surface area (Å²) in [5, 5.41) is 0.396.